The number of anilines is 1. The lowest BCUT2D eigenvalue weighted by Crippen LogP contribution is -2.91. The molecule has 2 atom stereocenters. The summed E-state index contributed by atoms with van der Waals surface area (Å²) in [6.07, 6.45) is 0. The second-order valence-corrected chi connectivity index (χ2v) is 6.56. The van der Waals surface area contributed by atoms with Gasteiger partial charge in [-0.3, -0.25) is 14.9 Å². The lowest BCUT2D eigenvalue weighted by Gasteiger charge is -2.17. The van der Waals surface area contributed by atoms with E-state index in [1.807, 2.05) is 36.5 Å². The van der Waals surface area contributed by atoms with Crippen LogP contribution >= 0.6 is 15.9 Å². The van der Waals surface area contributed by atoms with E-state index >= 15 is 0 Å². The topological polar surface area (TPSA) is 88.8 Å². The predicted molar refractivity (Wildman–Crippen MR) is 95.6 cm³/mol. The first-order valence-electron chi connectivity index (χ1n) is 7.63. The van der Waals surface area contributed by atoms with Crippen LogP contribution in [-0.4, -0.2) is 16.9 Å². The minimum atomic E-state index is -0.940. The highest BCUT2D eigenvalue weighted by molar-refractivity contribution is 9.10. The van der Waals surface area contributed by atoms with Crippen molar-refractivity contribution in [3.63, 3.8) is 0 Å². The molecule has 0 saturated carbocycles. The van der Waals surface area contributed by atoms with Gasteiger partial charge in [0.15, 0.2) is 6.04 Å². The molecule has 0 heterocycles. The molecule has 8 heteroatoms. The molecule has 0 aromatic heterocycles. The Hall–Kier alpha value is -2.32. The normalized spacial score (nSPS) is 13.1. The first-order valence-corrected chi connectivity index (χ1v) is 8.43. The van der Waals surface area contributed by atoms with Crippen LogP contribution in [0.25, 0.3) is 0 Å². The number of rotatable bonds is 6. The van der Waals surface area contributed by atoms with Gasteiger partial charge in [-0.15, -0.1) is 0 Å². The maximum absolute atomic E-state index is 13.3. The van der Waals surface area contributed by atoms with Crippen LogP contribution in [0.1, 0.15) is 25.5 Å². The molecule has 0 unspecified atom stereocenters. The first-order chi connectivity index (χ1) is 11.8. The van der Waals surface area contributed by atoms with E-state index in [-0.39, 0.29) is 17.6 Å². The lowest BCUT2D eigenvalue weighted by molar-refractivity contribution is -0.709. The molecular formula is C17H18BrFN3O3+. The summed E-state index contributed by atoms with van der Waals surface area (Å²) < 4.78 is 14.3. The van der Waals surface area contributed by atoms with Crippen molar-refractivity contribution in [2.45, 2.75) is 25.9 Å². The van der Waals surface area contributed by atoms with Gasteiger partial charge in [0.1, 0.15) is 6.04 Å². The van der Waals surface area contributed by atoms with Crippen LogP contribution in [0.15, 0.2) is 46.9 Å². The number of nitro groups is 1. The molecule has 132 valence electrons. The zero-order chi connectivity index (χ0) is 18.6. The maximum atomic E-state index is 13.3. The van der Waals surface area contributed by atoms with Gasteiger partial charge < -0.3 is 10.6 Å². The van der Waals surface area contributed by atoms with Crippen molar-refractivity contribution in [1.82, 2.24) is 0 Å². The molecule has 25 heavy (non-hydrogen) atoms. The molecule has 0 fully saturated rings. The minimum absolute atomic E-state index is 0.0267. The zero-order valence-corrected chi connectivity index (χ0v) is 15.3. The molecule has 0 aliphatic rings. The van der Waals surface area contributed by atoms with E-state index < -0.39 is 22.5 Å². The number of nitrogens with zero attached hydrogens (tertiary/aromatic N) is 1. The Morgan fingerprint density at radius 2 is 1.96 bits per heavy atom. The van der Waals surface area contributed by atoms with E-state index in [2.05, 4.69) is 21.2 Å². The summed E-state index contributed by atoms with van der Waals surface area (Å²) in [4.78, 5) is 22.3. The van der Waals surface area contributed by atoms with E-state index in [9.17, 15) is 19.3 Å². The molecule has 2 aromatic carbocycles. The third-order valence-corrected chi connectivity index (χ3v) is 4.52. The molecule has 3 N–H and O–H groups in total. The molecule has 0 spiro atoms. The van der Waals surface area contributed by atoms with Crippen LogP contribution in [0.2, 0.25) is 0 Å². The molecule has 0 aliphatic heterocycles. The number of benzene rings is 2. The average molecular weight is 411 g/mol. The highest BCUT2D eigenvalue weighted by Gasteiger charge is 2.22. The highest BCUT2D eigenvalue weighted by atomic mass is 79.9. The van der Waals surface area contributed by atoms with Gasteiger partial charge in [-0.05, 0) is 32.0 Å². The Morgan fingerprint density at radius 3 is 2.60 bits per heavy atom. The number of amides is 1. The summed E-state index contributed by atoms with van der Waals surface area (Å²) in [7, 11) is 0. The fourth-order valence-corrected chi connectivity index (χ4v) is 3.10. The number of halogens is 2. The van der Waals surface area contributed by atoms with Crippen LogP contribution in [0.5, 0.6) is 0 Å². The Bertz CT molecular complexity index is 800. The van der Waals surface area contributed by atoms with E-state index in [4.69, 9.17) is 0 Å². The first kappa shape index (κ1) is 19.0. The van der Waals surface area contributed by atoms with E-state index in [1.54, 1.807) is 6.92 Å². The number of hydrogen-bond acceptors (Lipinski definition) is 3. The zero-order valence-electron chi connectivity index (χ0n) is 13.7. The summed E-state index contributed by atoms with van der Waals surface area (Å²) in [6.45, 7) is 3.72. The number of hydrogen-bond donors (Lipinski definition) is 2. The Morgan fingerprint density at radius 1 is 1.28 bits per heavy atom. The molecule has 0 radical (unpaired) electrons. The smallest absolute Gasteiger partial charge is 0.306 e. The van der Waals surface area contributed by atoms with Crippen molar-refractivity contribution >= 4 is 33.2 Å². The molecule has 2 rings (SSSR count). The monoisotopic (exact) mass is 410 g/mol. The van der Waals surface area contributed by atoms with E-state index in [0.29, 0.717) is 0 Å². The number of quaternary nitrogens is 1. The second-order valence-electron chi connectivity index (χ2n) is 5.70. The summed E-state index contributed by atoms with van der Waals surface area (Å²) in [5, 5.41) is 15.2. The van der Waals surface area contributed by atoms with Crippen LogP contribution in [0.3, 0.4) is 0 Å². The average Bonchev–Trinajstić information content (AvgIpc) is 2.56. The molecule has 0 saturated heterocycles. The fourth-order valence-electron chi connectivity index (χ4n) is 2.45. The van der Waals surface area contributed by atoms with E-state index in [0.717, 1.165) is 22.2 Å². The van der Waals surface area contributed by atoms with Crippen molar-refractivity contribution in [2.75, 3.05) is 5.32 Å². The minimum Gasteiger partial charge on any atom is -0.330 e. The van der Waals surface area contributed by atoms with Gasteiger partial charge in [-0.1, -0.05) is 34.1 Å². The maximum Gasteiger partial charge on any atom is 0.306 e. The fraction of sp³-hybridized carbons (Fsp3) is 0.235. The SMILES string of the molecule is C[C@@H]([NH2+][C@H](C)c1ccccc1Br)C(=O)Nc1ccc(F)c([N+](=O)[O-])c1. The summed E-state index contributed by atoms with van der Waals surface area (Å²) in [6, 6.07) is 10.6. The largest absolute Gasteiger partial charge is 0.330 e. The highest BCUT2D eigenvalue weighted by Crippen LogP contribution is 2.22. The van der Waals surface area contributed by atoms with Crippen molar-refractivity contribution in [3.05, 3.63) is 68.4 Å². The number of nitrogens with one attached hydrogen (secondary N) is 1. The van der Waals surface area contributed by atoms with Crippen LogP contribution in [-0.2, 0) is 4.79 Å². The lowest BCUT2D eigenvalue weighted by atomic mass is 10.1. The summed E-state index contributed by atoms with van der Waals surface area (Å²) in [5.41, 5.74) is 0.572. The van der Waals surface area contributed by atoms with Gasteiger partial charge in [0.2, 0.25) is 5.82 Å². The number of carbonyl (C=O) groups is 1. The van der Waals surface area contributed by atoms with Crippen molar-refractivity contribution in [1.29, 1.82) is 0 Å². The Balaban J connectivity index is 2.04. The quantitative estimate of drug-likeness (QED) is 0.566. The van der Waals surface area contributed by atoms with Crippen molar-refractivity contribution in [2.24, 2.45) is 0 Å². The van der Waals surface area contributed by atoms with Gasteiger partial charge in [0.05, 0.1) is 4.92 Å². The van der Waals surface area contributed by atoms with Gasteiger partial charge in [-0.25, -0.2) is 0 Å². The number of carbonyl (C=O) groups excluding carboxylic acids is 1. The van der Waals surface area contributed by atoms with Crippen LogP contribution in [0.4, 0.5) is 15.8 Å². The van der Waals surface area contributed by atoms with Crippen LogP contribution in [0, 0.1) is 15.9 Å². The Kier molecular flexibility index (Phi) is 6.22. The number of nitrogens with two attached hydrogens (primary N) is 1. The van der Waals surface area contributed by atoms with Gasteiger partial charge in [-0.2, -0.15) is 4.39 Å². The van der Waals surface area contributed by atoms with Gasteiger partial charge in [0.25, 0.3) is 5.91 Å². The standard InChI is InChI=1S/C17H17BrFN3O3/c1-10(13-5-3-4-6-14(13)18)20-11(2)17(23)21-12-7-8-15(19)16(9-12)22(24)25/h3-11,20H,1-2H3,(H,21,23)/p+1/t10-,11-/m1/s1. The molecule has 1 amide bonds. The van der Waals surface area contributed by atoms with Crippen molar-refractivity contribution in [3.8, 4) is 0 Å². The predicted octanol–water partition coefficient (Wildman–Crippen LogP) is 3.15. The number of nitro benzene ring substituents is 1. The third kappa shape index (κ3) is 4.83. The van der Waals surface area contributed by atoms with Gasteiger partial charge >= 0.3 is 5.69 Å². The molecule has 0 bridgehead atoms. The summed E-state index contributed by atoms with van der Waals surface area (Å²) in [5.74, 6) is -1.26. The second kappa shape index (κ2) is 8.17. The van der Waals surface area contributed by atoms with E-state index in [1.165, 1.54) is 6.07 Å². The molecule has 6 nitrogen and oxygen atoms in total. The molecule has 2 aromatic rings. The summed E-state index contributed by atoms with van der Waals surface area (Å²) >= 11 is 3.49. The molecule has 0 aliphatic carbocycles. The Labute approximate surface area is 152 Å². The van der Waals surface area contributed by atoms with Gasteiger partial charge in [0, 0.05) is 21.8 Å². The van der Waals surface area contributed by atoms with Crippen LogP contribution < -0.4 is 10.6 Å². The van der Waals surface area contributed by atoms with Crippen molar-refractivity contribution < 1.29 is 19.4 Å². The molecular weight excluding hydrogens is 393 g/mol. The third-order valence-electron chi connectivity index (χ3n) is 3.80.